The third-order valence-electron chi connectivity index (χ3n) is 3.85. The fourth-order valence-corrected chi connectivity index (χ4v) is 2.71. The van der Waals surface area contributed by atoms with E-state index in [-0.39, 0.29) is 18.1 Å². The molecule has 1 aliphatic rings. The molecule has 1 aromatic carbocycles. The van der Waals surface area contributed by atoms with Gasteiger partial charge in [0.1, 0.15) is 6.61 Å². The van der Waals surface area contributed by atoms with E-state index in [4.69, 9.17) is 5.11 Å². The molecule has 0 aliphatic carbocycles. The lowest BCUT2D eigenvalue weighted by molar-refractivity contribution is 0.0651. The molecule has 0 radical (unpaired) electrons. The summed E-state index contributed by atoms with van der Waals surface area (Å²) in [6.07, 6.45) is 2.07. The van der Waals surface area contributed by atoms with Crippen molar-refractivity contribution >= 4 is 5.91 Å². The number of hydrogen-bond donors (Lipinski definition) is 1. The maximum absolute atomic E-state index is 12.8. The fraction of sp³-hybridized carbons (Fsp3) is 0.471. The normalized spacial score (nSPS) is 16.7. The first kappa shape index (κ1) is 14.6. The Morgan fingerprint density at radius 2 is 2.20 bits per heavy atom. The molecule has 20 heavy (non-hydrogen) atoms. The van der Waals surface area contributed by atoms with Gasteiger partial charge in [0.15, 0.2) is 0 Å². The van der Waals surface area contributed by atoms with E-state index in [1.54, 1.807) is 0 Å². The highest BCUT2D eigenvalue weighted by atomic mass is 16.2. The number of nitrogens with zero attached hydrogens (tertiary/aromatic N) is 1. The Morgan fingerprint density at radius 1 is 1.45 bits per heavy atom. The van der Waals surface area contributed by atoms with E-state index in [1.807, 2.05) is 30.0 Å². The number of aryl methyl sites for hydroxylation is 1. The minimum atomic E-state index is -0.198. The first-order chi connectivity index (χ1) is 9.45. The number of amides is 1. The monoisotopic (exact) mass is 271 g/mol. The van der Waals surface area contributed by atoms with Crippen molar-refractivity contribution in [2.24, 2.45) is 0 Å². The van der Waals surface area contributed by atoms with Crippen LogP contribution in [0.5, 0.6) is 0 Å². The molecule has 1 aliphatic heterocycles. The number of carbonyl (C=O) groups excluding carboxylic acids is 1. The van der Waals surface area contributed by atoms with Crippen LogP contribution in [0.15, 0.2) is 18.2 Å². The second kappa shape index (κ2) is 5.68. The van der Waals surface area contributed by atoms with Crippen LogP contribution in [0.2, 0.25) is 0 Å². The Bertz CT molecular complexity index is 578. The van der Waals surface area contributed by atoms with Gasteiger partial charge in [0.25, 0.3) is 5.91 Å². The molecule has 0 saturated carbocycles. The molecule has 1 aromatic rings. The van der Waals surface area contributed by atoms with Crippen molar-refractivity contribution < 1.29 is 9.90 Å². The summed E-state index contributed by atoms with van der Waals surface area (Å²) in [6, 6.07) is 5.67. The lowest BCUT2D eigenvalue weighted by Gasteiger charge is -2.32. The molecule has 0 bridgehead atoms. The number of aliphatic hydroxyl groups excluding tert-OH is 1. The number of carbonyl (C=O) groups is 1. The van der Waals surface area contributed by atoms with Gasteiger partial charge in [-0.2, -0.15) is 0 Å². The molecule has 3 heteroatoms. The lowest BCUT2D eigenvalue weighted by atomic mass is 9.99. The quantitative estimate of drug-likeness (QED) is 0.797. The van der Waals surface area contributed by atoms with Crippen LogP contribution < -0.4 is 0 Å². The molecular formula is C17H21NO2. The highest BCUT2D eigenvalue weighted by molar-refractivity contribution is 5.97. The van der Waals surface area contributed by atoms with Crippen LogP contribution in [0.3, 0.4) is 0 Å². The Balaban J connectivity index is 2.39. The zero-order valence-corrected chi connectivity index (χ0v) is 12.4. The van der Waals surface area contributed by atoms with Gasteiger partial charge in [-0.15, -0.1) is 0 Å². The van der Waals surface area contributed by atoms with Crippen LogP contribution >= 0.6 is 0 Å². The van der Waals surface area contributed by atoms with E-state index < -0.39 is 0 Å². The highest BCUT2D eigenvalue weighted by Gasteiger charge is 2.36. The molecule has 1 fully saturated rings. The average Bonchev–Trinajstić information content (AvgIpc) is 2.75. The van der Waals surface area contributed by atoms with E-state index in [0.29, 0.717) is 11.1 Å². The van der Waals surface area contributed by atoms with Crippen molar-refractivity contribution in [1.82, 2.24) is 4.90 Å². The summed E-state index contributed by atoms with van der Waals surface area (Å²) < 4.78 is 0. The molecule has 1 amide bonds. The molecule has 2 rings (SSSR count). The van der Waals surface area contributed by atoms with Crippen molar-refractivity contribution in [1.29, 1.82) is 0 Å². The second-order valence-electron chi connectivity index (χ2n) is 5.88. The van der Waals surface area contributed by atoms with Crippen LogP contribution in [0.1, 0.15) is 48.2 Å². The molecule has 106 valence electrons. The van der Waals surface area contributed by atoms with Crippen molar-refractivity contribution in [3.8, 4) is 11.8 Å². The van der Waals surface area contributed by atoms with Crippen molar-refractivity contribution in [2.75, 3.05) is 13.2 Å². The number of benzene rings is 1. The third-order valence-corrected chi connectivity index (χ3v) is 3.85. The predicted octanol–water partition coefficient (Wildman–Crippen LogP) is 2.35. The van der Waals surface area contributed by atoms with Crippen LogP contribution in [-0.2, 0) is 0 Å². The lowest BCUT2D eigenvalue weighted by Crippen LogP contribution is -2.42. The fourth-order valence-electron chi connectivity index (χ4n) is 2.71. The molecule has 1 heterocycles. The number of rotatable bonds is 1. The molecule has 3 nitrogen and oxygen atoms in total. The summed E-state index contributed by atoms with van der Waals surface area (Å²) >= 11 is 0. The molecule has 1 N–H and O–H groups in total. The van der Waals surface area contributed by atoms with Gasteiger partial charge < -0.3 is 10.0 Å². The Hall–Kier alpha value is -1.79. The summed E-state index contributed by atoms with van der Waals surface area (Å²) in [5, 5.41) is 8.85. The van der Waals surface area contributed by atoms with Crippen LogP contribution in [-0.4, -0.2) is 34.6 Å². The molecular weight excluding hydrogens is 250 g/mol. The summed E-state index contributed by atoms with van der Waals surface area (Å²) in [5.41, 5.74) is 2.30. The van der Waals surface area contributed by atoms with Crippen LogP contribution in [0.25, 0.3) is 0 Å². The van der Waals surface area contributed by atoms with Gasteiger partial charge in [-0.25, -0.2) is 0 Å². The molecule has 0 atom stereocenters. The summed E-state index contributed by atoms with van der Waals surface area (Å²) in [5.74, 6) is 5.56. The Morgan fingerprint density at radius 3 is 2.80 bits per heavy atom. The van der Waals surface area contributed by atoms with Gasteiger partial charge >= 0.3 is 0 Å². The van der Waals surface area contributed by atoms with Crippen LogP contribution in [0.4, 0.5) is 0 Å². The minimum Gasteiger partial charge on any atom is -0.384 e. The van der Waals surface area contributed by atoms with Crippen LogP contribution in [0, 0.1) is 18.8 Å². The van der Waals surface area contributed by atoms with Gasteiger partial charge in [-0.1, -0.05) is 17.9 Å². The number of hydrogen-bond acceptors (Lipinski definition) is 2. The van der Waals surface area contributed by atoms with E-state index in [2.05, 4.69) is 25.7 Å². The van der Waals surface area contributed by atoms with E-state index in [9.17, 15) is 4.79 Å². The maximum Gasteiger partial charge on any atom is 0.255 e. The van der Waals surface area contributed by atoms with Crippen molar-refractivity contribution in [3.63, 3.8) is 0 Å². The summed E-state index contributed by atoms with van der Waals surface area (Å²) in [6.45, 7) is 6.78. The SMILES string of the molecule is Cc1ccc(C(=O)N2CCCC2(C)C)c(C#CCO)c1. The van der Waals surface area contributed by atoms with E-state index in [1.165, 1.54) is 0 Å². The highest BCUT2D eigenvalue weighted by Crippen LogP contribution is 2.30. The van der Waals surface area contributed by atoms with Crippen molar-refractivity contribution in [2.45, 2.75) is 39.2 Å². The largest absolute Gasteiger partial charge is 0.384 e. The van der Waals surface area contributed by atoms with Gasteiger partial charge in [0.2, 0.25) is 0 Å². The van der Waals surface area contributed by atoms with Gasteiger partial charge in [-0.05, 0) is 51.3 Å². The predicted molar refractivity (Wildman–Crippen MR) is 79.5 cm³/mol. The van der Waals surface area contributed by atoms with Gasteiger partial charge in [0, 0.05) is 17.6 Å². The Labute approximate surface area is 120 Å². The number of likely N-dealkylation sites (tertiary alicyclic amines) is 1. The number of aliphatic hydroxyl groups is 1. The molecule has 0 aromatic heterocycles. The standard InChI is InChI=1S/C17H21NO2/c1-13-7-8-15(14(12-13)6-4-11-19)16(20)18-10-5-9-17(18,2)3/h7-8,12,19H,5,9-11H2,1-3H3. The zero-order chi connectivity index (χ0) is 14.8. The van der Waals surface area contributed by atoms with E-state index >= 15 is 0 Å². The first-order valence-corrected chi connectivity index (χ1v) is 6.98. The molecule has 1 saturated heterocycles. The topological polar surface area (TPSA) is 40.5 Å². The van der Waals surface area contributed by atoms with E-state index in [0.717, 1.165) is 24.9 Å². The summed E-state index contributed by atoms with van der Waals surface area (Å²) in [7, 11) is 0. The maximum atomic E-state index is 12.8. The molecule has 0 spiro atoms. The molecule has 0 unspecified atom stereocenters. The first-order valence-electron chi connectivity index (χ1n) is 6.98. The third kappa shape index (κ3) is 2.86. The smallest absolute Gasteiger partial charge is 0.255 e. The second-order valence-corrected chi connectivity index (χ2v) is 5.88. The van der Waals surface area contributed by atoms with Crippen molar-refractivity contribution in [3.05, 3.63) is 34.9 Å². The zero-order valence-electron chi connectivity index (χ0n) is 12.4. The van der Waals surface area contributed by atoms with Gasteiger partial charge in [0.05, 0.1) is 5.56 Å². The summed E-state index contributed by atoms with van der Waals surface area (Å²) in [4.78, 5) is 14.7. The minimum absolute atomic E-state index is 0.0368. The Kier molecular flexibility index (Phi) is 4.15. The van der Waals surface area contributed by atoms with Gasteiger partial charge in [-0.3, -0.25) is 4.79 Å². The average molecular weight is 271 g/mol.